The van der Waals surface area contributed by atoms with E-state index >= 15 is 0 Å². The summed E-state index contributed by atoms with van der Waals surface area (Å²) < 4.78 is 68.0. The van der Waals surface area contributed by atoms with Crippen LogP contribution < -0.4 is 5.32 Å². The third-order valence-electron chi connectivity index (χ3n) is 4.99. The van der Waals surface area contributed by atoms with Crippen molar-refractivity contribution in [3.05, 3.63) is 23.9 Å². The fourth-order valence-electron chi connectivity index (χ4n) is 2.97. The topological polar surface area (TPSA) is 168 Å². The Hall–Kier alpha value is -2.11. The molecule has 1 saturated heterocycles. The summed E-state index contributed by atoms with van der Waals surface area (Å²) in [5.74, 6) is 0.0646. The average Bonchev–Trinajstić information content (AvgIpc) is 3.28. The second-order valence-corrected chi connectivity index (χ2v) is 12.2. The molecule has 0 saturated carbocycles. The molecule has 1 aromatic heterocycles. The molecule has 0 bridgehead atoms. The van der Waals surface area contributed by atoms with Crippen molar-refractivity contribution in [3.63, 3.8) is 0 Å². The van der Waals surface area contributed by atoms with Crippen LogP contribution >= 0.6 is 0 Å². The first kappa shape index (κ1) is 30.1. The largest absolute Gasteiger partial charge is 0.448 e. The van der Waals surface area contributed by atoms with Gasteiger partial charge in [-0.1, -0.05) is 11.8 Å². The standard InChI is InChI=1S/C20H35N5O9S2/c1-2-35(27,28)16-13-34-20(26)21-3-7-31-9-11-33-12-10-32-8-4-25-18-19(22-23-25)17-24-5-14-36(29,30)15-6-24/h2,18H,1,3-17H2,(H,21,26). The Labute approximate surface area is 211 Å². The highest BCUT2D eigenvalue weighted by atomic mass is 32.2. The van der Waals surface area contributed by atoms with E-state index in [4.69, 9.17) is 18.9 Å². The number of amides is 1. The molecule has 206 valence electrons. The summed E-state index contributed by atoms with van der Waals surface area (Å²) in [5, 5.41) is 11.5. The van der Waals surface area contributed by atoms with E-state index in [0.717, 1.165) is 11.1 Å². The maximum Gasteiger partial charge on any atom is 0.407 e. The van der Waals surface area contributed by atoms with Crippen molar-refractivity contribution in [1.82, 2.24) is 25.2 Å². The number of aromatic nitrogens is 3. The Bertz CT molecular complexity index is 1000. The van der Waals surface area contributed by atoms with Gasteiger partial charge in [0.1, 0.15) is 6.61 Å². The summed E-state index contributed by atoms with van der Waals surface area (Å²) in [6, 6.07) is 0. The second kappa shape index (κ2) is 15.9. The molecular formula is C20H35N5O9S2. The molecule has 0 radical (unpaired) electrons. The van der Waals surface area contributed by atoms with Gasteiger partial charge in [0.05, 0.1) is 69.1 Å². The zero-order valence-electron chi connectivity index (χ0n) is 20.2. The van der Waals surface area contributed by atoms with E-state index < -0.39 is 25.8 Å². The van der Waals surface area contributed by atoms with Crippen molar-refractivity contribution in [3.8, 4) is 0 Å². The van der Waals surface area contributed by atoms with Gasteiger partial charge in [0.15, 0.2) is 19.7 Å². The fraction of sp³-hybridized carbons (Fsp3) is 0.750. The van der Waals surface area contributed by atoms with Gasteiger partial charge in [-0.05, 0) is 0 Å². The summed E-state index contributed by atoms with van der Waals surface area (Å²) in [7, 11) is -6.28. The van der Waals surface area contributed by atoms with Gasteiger partial charge < -0.3 is 24.3 Å². The number of carbonyl (C=O) groups is 1. The van der Waals surface area contributed by atoms with E-state index in [9.17, 15) is 21.6 Å². The van der Waals surface area contributed by atoms with Crippen LogP contribution in [-0.2, 0) is 51.7 Å². The molecule has 0 aliphatic carbocycles. The van der Waals surface area contributed by atoms with Crippen LogP contribution in [0.25, 0.3) is 0 Å². The Morgan fingerprint density at radius 3 is 2.36 bits per heavy atom. The Balaban J connectivity index is 1.37. The number of ether oxygens (including phenoxy) is 4. The van der Waals surface area contributed by atoms with Crippen LogP contribution in [-0.4, -0.2) is 126 Å². The lowest BCUT2D eigenvalue weighted by Crippen LogP contribution is -2.39. The molecule has 16 heteroatoms. The van der Waals surface area contributed by atoms with Crippen LogP contribution in [0.5, 0.6) is 0 Å². The van der Waals surface area contributed by atoms with E-state index in [1.165, 1.54) is 0 Å². The molecule has 1 aliphatic heterocycles. The summed E-state index contributed by atoms with van der Waals surface area (Å²) in [6.07, 6.45) is 1.12. The van der Waals surface area contributed by atoms with E-state index in [1.54, 1.807) is 4.68 Å². The molecule has 2 rings (SSSR count). The van der Waals surface area contributed by atoms with Crippen LogP contribution in [0.15, 0.2) is 18.2 Å². The van der Waals surface area contributed by atoms with Gasteiger partial charge in [-0.25, -0.2) is 26.3 Å². The molecule has 1 aliphatic rings. The van der Waals surface area contributed by atoms with Crippen molar-refractivity contribution < 1.29 is 40.6 Å². The fourth-order valence-corrected chi connectivity index (χ4v) is 4.73. The monoisotopic (exact) mass is 553 g/mol. The van der Waals surface area contributed by atoms with E-state index in [-0.39, 0.29) is 37.0 Å². The predicted molar refractivity (Wildman–Crippen MR) is 130 cm³/mol. The summed E-state index contributed by atoms with van der Waals surface area (Å²) in [4.78, 5) is 13.4. The number of hydrogen-bond acceptors (Lipinski definition) is 12. The van der Waals surface area contributed by atoms with Crippen molar-refractivity contribution >= 4 is 25.8 Å². The molecule has 1 fully saturated rings. The molecule has 0 atom stereocenters. The van der Waals surface area contributed by atoms with E-state index in [2.05, 4.69) is 27.1 Å². The zero-order chi connectivity index (χ0) is 26.3. The Kier molecular flexibility index (Phi) is 13.3. The Morgan fingerprint density at radius 1 is 1.06 bits per heavy atom. The molecule has 1 amide bonds. The van der Waals surface area contributed by atoms with Crippen molar-refractivity contribution in [2.24, 2.45) is 0 Å². The highest BCUT2D eigenvalue weighted by Crippen LogP contribution is 2.07. The molecule has 0 unspecified atom stereocenters. The maximum atomic E-state index is 11.5. The molecule has 0 spiro atoms. The Morgan fingerprint density at radius 2 is 1.69 bits per heavy atom. The number of hydrogen-bond donors (Lipinski definition) is 1. The number of alkyl carbamates (subject to hydrolysis) is 1. The SMILES string of the molecule is C=CS(=O)(=O)CCOC(=O)NCCOCCOCCOCCn1cc(CN2CCS(=O)(=O)CC2)nn1. The molecule has 36 heavy (non-hydrogen) atoms. The lowest BCUT2D eigenvalue weighted by atomic mass is 10.4. The van der Waals surface area contributed by atoms with Gasteiger partial charge in [-0.3, -0.25) is 4.90 Å². The van der Waals surface area contributed by atoms with Crippen molar-refractivity contribution in [2.75, 3.05) is 83.1 Å². The normalized spacial score (nSPS) is 16.0. The summed E-state index contributed by atoms with van der Waals surface area (Å²) in [6.45, 7) is 7.56. The van der Waals surface area contributed by atoms with Gasteiger partial charge >= 0.3 is 6.09 Å². The minimum atomic E-state index is -3.39. The molecule has 14 nitrogen and oxygen atoms in total. The minimum Gasteiger partial charge on any atom is -0.448 e. The number of sulfone groups is 2. The van der Waals surface area contributed by atoms with Gasteiger partial charge in [-0.15, -0.1) is 5.10 Å². The third-order valence-corrected chi connectivity index (χ3v) is 7.84. The van der Waals surface area contributed by atoms with Crippen molar-refractivity contribution in [1.29, 1.82) is 0 Å². The first-order valence-corrected chi connectivity index (χ1v) is 15.0. The van der Waals surface area contributed by atoms with Gasteiger partial charge in [0, 0.05) is 37.8 Å². The highest BCUT2D eigenvalue weighted by Gasteiger charge is 2.22. The van der Waals surface area contributed by atoms with E-state index in [0.29, 0.717) is 59.2 Å². The molecule has 2 heterocycles. The molecular weight excluding hydrogens is 518 g/mol. The molecule has 1 N–H and O–H groups in total. The van der Waals surface area contributed by atoms with Crippen LogP contribution in [0, 0.1) is 0 Å². The van der Waals surface area contributed by atoms with Crippen LogP contribution in [0.1, 0.15) is 5.69 Å². The number of nitrogens with zero attached hydrogens (tertiary/aromatic N) is 4. The minimum absolute atomic E-state index is 0.186. The number of carbonyl (C=O) groups excluding carboxylic acids is 1. The molecule has 1 aromatic rings. The van der Waals surface area contributed by atoms with Gasteiger partial charge in [0.2, 0.25) is 0 Å². The molecule has 0 aromatic carbocycles. The van der Waals surface area contributed by atoms with Gasteiger partial charge in [0.25, 0.3) is 0 Å². The summed E-state index contributed by atoms with van der Waals surface area (Å²) >= 11 is 0. The number of nitrogens with one attached hydrogen (secondary N) is 1. The quantitative estimate of drug-likeness (QED) is 0.217. The van der Waals surface area contributed by atoms with Crippen LogP contribution in [0.2, 0.25) is 0 Å². The lowest BCUT2D eigenvalue weighted by Gasteiger charge is -2.25. The average molecular weight is 554 g/mol. The first-order valence-electron chi connectivity index (χ1n) is 11.5. The van der Waals surface area contributed by atoms with Crippen LogP contribution in [0.4, 0.5) is 4.79 Å². The third kappa shape index (κ3) is 13.3. The van der Waals surface area contributed by atoms with Gasteiger partial charge in [-0.2, -0.15) is 0 Å². The maximum absolute atomic E-state index is 11.5. The summed E-state index contributed by atoms with van der Waals surface area (Å²) in [5.41, 5.74) is 0.795. The number of rotatable bonds is 18. The van der Waals surface area contributed by atoms with Crippen LogP contribution in [0.3, 0.4) is 0 Å². The lowest BCUT2D eigenvalue weighted by molar-refractivity contribution is 0.0132. The zero-order valence-corrected chi connectivity index (χ0v) is 21.9. The first-order chi connectivity index (χ1) is 17.2. The highest BCUT2D eigenvalue weighted by molar-refractivity contribution is 7.94. The van der Waals surface area contributed by atoms with E-state index in [1.807, 2.05) is 6.20 Å². The second-order valence-electron chi connectivity index (χ2n) is 7.83. The van der Waals surface area contributed by atoms with Crippen molar-refractivity contribution in [2.45, 2.75) is 13.1 Å². The predicted octanol–water partition coefficient (Wildman–Crippen LogP) is -1.16. The smallest absolute Gasteiger partial charge is 0.407 e.